The third-order valence-corrected chi connectivity index (χ3v) is 3.00. The van der Waals surface area contributed by atoms with Crippen LogP contribution in [-0.2, 0) is 4.79 Å². The van der Waals surface area contributed by atoms with Crippen molar-refractivity contribution >= 4 is 17.6 Å². The number of hydrogen-bond donors (Lipinski definition) is 3. The van der Waals surface area contributed by atoms with Crippen molar-refractivity contribution in [3.8, 4) is 0 Å². The Bertz CT molecular complexity index is 440. The Labute approximate surface area is 112 Å². The number of hydrazine groups is 1. The van der Waals surface area contributed by atoms with E-state index in [1.165, 1.54) is 0 Å². The monoisotopic (exact) mass is 261 g/mol. The lowest BCUT2D eigenvalue weighted by Gasteiger charge is -2.14. The normalized spacial score (nSPS) is 15.4. The zero-order chi connectivity index (χ0) is 13.5. The molecule has 0 unspecified atom stereocenters. The molecule has 0 saturated carbocycles. The Kier molecular flexibility index (Phi) is 4.74. The van der Waals surface area contributed by atoms with Crippen molar-refractivity contribution in [3.63, 3.8) is 0 Å². The molecule has 1 aromatic rings. The van der Waals surface area contributed by atoms with Crippen molar-refractivity contribution < 1.29 is 4.79 Å². The standard InChI is InChI=1S/C13H19N5O/c14-17-13(16-11-6-2-1-3-7-11)15-10-12(19)18-8-4-5-9-18/h1-3,6-7H,4-5,8-10,14H2,(H2,15,16,17). The second kappa shape index (κ2) is 6.75. The fraction of sp³-hybridized carbons (Fsp3) is 0.385. The summed E-state index contributed by atoms with van der Waals surface area (Å²) in [7, 11) is 0. The predicted octanol–water partition coefficient (Wildman–Crippen LogP) is 0.540. The molecular weight excluding hydrogens is 242 g/mol. The number of carbonyl (C=O) groups is 1. The van der Waals surface area contributed by atoms with Gasteiger partial charge < -0.3 is 10.2 Å². The van der Waals surface area contributed by atoms with Gasteiger partial charge in [0.2, 0.25) is 11.9 Å². The van der Waals surface area contributed by atoms with Crippen molar-refractivity contribution in [2.24, 2.45) is 10.8 Å². The van der Waals surface area contributed by atoms with Gasteiger partial charge in [-0.15, -0.1) is 0 Å². The van der Waals surface area contributed by atoms with Crippen LogP contribution in [0.15, 0.2) is 35.3 Å². The molecule has 1 heterocycles. The number of aliphatic imine (C=N–C) groups is 1. The summed E-state index contributed by atoms with van der Waals surface area (Å²) in [4.78, 5) is 17.8. The number of nitrogens with one attached hydrogen (secondary N) is 2. The number of guanidine groups is 1. The third kappa shape index (κ3) is 3.96. The van der Waals surface area contributed by atoms with Crippen LogP contribution in [0.3, 0.4) is 0 Å². The lowest BCUT2D eigenvalue weighted by Crippen LogP contribution is -2.38. The summed E-state index contributed by atoms with van der Waals surface area (Å²) < 4.78 is 0. The van der Waals surface area contributed by atoms with Gasteiger partial charge in [-0.2, -0.15) is 0 Å². The van der Waals surface area contributed by atoms with Crippen LogP contribution in [0.4, 0.5) is 5.69 Å². The van der Waals surface area contributed by atoms with Crippen molar-refractivity contribution in [2.45, 2.75) is 12.8 Å². The van der Waals surface area contributed by atoms with Gasteiger partial charge in [-0.1, -0.05) is 18.2 Å². The fourth-order valence-electron chi connectivity index (χ4n) is 1.99. The van der Waals surface area contributed by atoms with E-state index in [2.05, 4.69) is 15.7 Å². The summed E-state index contributed by atoms with van der Waals surface area (Å²) in [5.74, 6) is 5.82. The summed E-state index contributed by atoms with van der Waals surface area (Å²) in [5, 5.41) is 3.02. The van der Waals surface area contributed by atoms with E-state index in [0.29, 0.717) is 5.96 Å². The number of rotatable bonds is 3. The van der Waals surface area contributed by atoms with Gasteiger partial charge in [0.15, 0.2) is 0 Å². The van der Waals surface area contributed by atoms with E-state index in [1.807, 2.05) is 35.2 Å². The van der Waals surface area contributed by atoms with E-state index in [-0.39, 0.29) is 12.5 Å². The van der Waals surface area contributed by atoms with Gasteiger partial charge in [0.05, 0.1) is 0 Å². The quantitative estimate of drug-likeness (QED) is 0.321. The molecule has 6 heteroatoms. The minimum absolute atomic E-state index is 0.0418. The molecule has 0 aliphatic carbocycles. The van der Waals surface area contributed by atoms with E-state index < -0.39 is 0 Å². The van der Waals surface area contributed by atoms with Gasteiger partial charge in [0, 0.05) is 18.8 Å². The molecule has 19 heavy (non-hydrogen) atoms. The van der Waals surface area contributed by atoms with Gasteiger partial charge >= 0.3 is 0 Å². The summed E-state index contributed by atoms with van der Waals surface area (Å²) in [6.45, 7) is 1.79. The Morgan fingerprint density at radius 1 is 1.26 bits per heavy atom. The summed E-state index contributed by atoms with van der Waals surface area (Å²) in [5.41, 5.74) is 3.33. The maximum Gasteiger partial charge on any atom is 0.244 e. The van der Waals surface area contributed by atoms with E-state index in [0.717, 1.165) is 31.6 Å². The van der Waals surface area contributed by atoms with Gasteiger partial charge in [0.25, 0.3) is 0 Å². The molecule has 1 aliphatic rings. The van der Waals surface area contributed by atoms with Crippen molar-refractivity contribution in [2.75, 3.05) is 25.0 Å². The number of likely N-dealkylation sites (tertiary alicyclic amines) is 1. The molecule has 0 spiro atoms. The molecule has 1 aromatic carbocycles. The van der Waals surface area contributed by atoms with E-state index in [9.17, 15) is 4.79 Å². The van der Waals surface area contributed by atoms with Gasteiger partial charge in [-0.25, -0.2) is 10.8 Å². The Balaban J connectivity index is 1.89. The minimum atomic E-state index is 0.0418. The first-order chi connectivity index (χ1) is 9.29. The number of carbonyl (C=O) groups excluding carboxylic acids is 1. The highest BCUT2D eigenvalue weighted by molar-refractivity contribution is 5.94. The van der Waals surface area contributed by atoms with Crippen LogP contribution in [0.2, 0.25) is 0 Å². The van der Waals surface area contributed by atoms with E-state index >= 15 is 0 Å². The van der Waals surface area contributed by atoms with Crippen molar-refractivity contribution in [1.82, 2.24) is 10.3 Å². The molecule has 0 aromatic heterocycles. The molecule has 6 nitrogen and oxygen atoms in total. The maximum absolute atomic E-state index is 11.8. The second-order valence-corrected chi connectivity index (χ2v) is 4.39. The van der Waals surface area contributed by atoms with E-state index in [4.69, 9.17) is 5.84 Å². The van der Waals surface area contributed by atoms with Crippen LogP contribution >= 0.6 is 0 Å². The first-order valence-electron chi connectivity index (χ1n) is 6.40. The molecule has 2 rings (SSSR count). The third-order valence-electron chi connectivity index (χ3n) is 3.00. The SMILES string of the molecule is NNC(=NCC(=O)N1CCCC1)Nc1ccccc1. The Hall–Kier alpha value is -2.08. The average Bonchev–Trinajstić information content (AvgIpc) is 2.98. The molecule has 0 radical (unpaired) electrons. The van der Waals surface area contributed by atoms with E-state index in [1.54, 1.807) is 0 Å². The predicted molar refractivity (Wildman–Crippen MR) is 75.5 cm³/mol. The smallest absolute Gasteiger partial charge is 0.244 e. The largest absolute Gasteiger partial charge is 0.341 e. The molecule has 1 aliphatic heterocycles. The highest BCUT2D eigenvalue weighted by Gasteiger charge is 2.17. The molecule has 0 atom stereocenters. The molecule has 1 fully saturated rings. The zero-order valence-electron chi connectivity index (χ0n) is 10.8. The van der Waals surface area contributed by atoms with Crippen LogP contribution in [0, 0.1) is 0 Å². The zero-order valence-corrected chi connectivity index (χ0v) is 10.8. The van der Waals surface area contributed by atoms with Crippen molar-refractivity contribution in [3.05, 3.63) is 30.3 Å². The number of nitrogens with two attached hydrogens (primary N) is 1. The lowest BCUT2D eigenvalue weighted by atomic mass is 10.3. The Morgan fingerprint density at radius 3 is 2.58 bits per heavy atom. The van der Waals surface area contributed by atoms with Gasteiger partial charge in [0.1, 0.15) is 6.54 Å². The van der Waals surface area contributed by atoms with Crippen LogP contribution in [0.1, 0.15) is 12.8 Å². The number of amides is 1. The topological polar surface area (TPSA) is 82.7 Å². The highest BCUT2D eigenvalue weighted by atomic mass is 16.2. The van der Waals surface area contributed by atoms with Gasteiger partial charge in [-0.05, 0) is 25.0 Å². The summed E-state index contributed by atoms with van der Waals surface area (Å²) in [6.07, 6.45) is 2.17. The fourth-order valence-corrected chi connectivity index (χ4v) is 1.99. The van der Waals surface area contributed by atoms with Crippen molar-refractivity contribution in [1.29, 1.82) is 0 Å². The molecule has 4 N–H and O–H groups in total. The second-order valence-electron chi connectivity index (χ2n) is 4.39. The first-order valence-corrected chi connectivity index (χ1v) is 6.40. The van der Waals surface area contributed by atoms with Crippen LogP contribution in [-0.4, -0.2) is 36.4 Å². The number of hydrogen-bond acceptors (Lipinski definition) is 3. The Morgan fingerprint density at radius 2 is 1.95 bits per heavy atom. The van der Waals surface area contributed by atoms with Crippen LogP contribution in [0.25, 0.3) is 0 Å². The minimum Gasteiger partial charge on any atom is -0.341 e. The number of para-hydroxylation sites is 1. The number of benzene rings is 1. The van der Waals surface area contributed by atoms with Crippen LogP contribution < -0.4 is 16.6 Å². The molecule has 102 valence electrons. The molecule has 1 amide bonds. The average molecular weight is 261 g/mol. The number of anilines is 1. The maximum atomic E-state index is 11.8. The number of nitrogens with zero attached hydrogens (tertiary/aromatic N) is 2. The van der Waals surface area contributed by atoms with Crippen LogP contribution in [0.5, 0.6) is 0 Å². The summed E-state index contributed by atoms with van der Waals surface area (Å²) in [6, 6.07) is 9.54. The highest BCUT2D eigenvalue weighted by Crippen LogP contribution is 2.07. The molecule has 0 bridgehead atoms. The summed E-state index contributed by atoms with van der Waals surface area (Å²) >= 11 is 0. The van der Waals surface area contributed by atoms with Gasteiger partial charge in [-0.3, -0.25) is 10.2 Å². The lowest BCUT2D eigenvalue weighted by molar-refractivity contribution is -0.128. The first kappa shape index (κ1) is 13.4. The molecule has 1 saturated heterocycles. The molecular formula is C13H19N5O.